The minimum Gasteiger partial charge on any atom is -0.508 e. The number of aromatic hydroxyl groups is 2. The van der Waals surface area contributed by atoms with Crippen molar-refractivity contribution >= 4 is 80.6 Å². The topological polar surface area (TPSA) is 585 Å². The number of amides is 10. The second-order valence-electron chi connectivity index (χ2n) is 35.8. The van der Waals surface area contributed by atoms with Crippen molar-refractivity contribution in [1.29, 1.82) is 0 Å². The molecule has 0 aromatic heterocycles. The molecule has 22 N–H and O–H groups in total. The molecule has 7 aliphatic heterocycles. The monoisotopic (exact) mass is 1860 g/mol. The van der Waals surface area contributed by atoms with Gasteiger partial charge in [0.15, 0.2) is 23.9 Å². The van der Waals surface area contributed by atoms with E-state index in [9.17, 15) is 63.7 Å². The number of fused-ring (bicyclic) bond motifs is 15. The van der Waals surface area contributed by atoms with Crippen LogP contribution >= 0.6 is 11.6 Å². The molecule has 0 spiro atoms. The van der Waals surface area contributed by atoms with E-state index in [1.54, 1.807) is 6.92 Å². The van der Waals surface area contributed by atoms with Crippen LogP contribution in [-0.2, 0) is 69.1 Å². The molecule has 41 heteroatoms. The Hall–Kier alpha value is -10.9. The molecule has 7 heterocycles. The second-order valence-corrected chi connectivity index (χ2v) is 38.1. The Bertz CT molecular complexity index is 5450. The maximum absolute atomic E-state index is 16.9. The molecule has 0 unspecified atom stereocenters. The van der Waals surface area contributed by atoms with Crippen LogP contribution in [-0.4, -0.2) is 228 Å². The van der Waals surface area contributed by atoms with Gasteiger partial charge in [-0.15, -0.1) is 0 Å². The number of phenolic OH excluding ortho intramolecular Hbond substituents is 2. The van der Waals surface area contributed by atoms with E-state index in [1.807, 2.05) is 13.8 Å². The largest absolute Gasteiger partial charge is 0.508 e. The van der Waals surface area contributed by atoms with Gasteiger partial charge in [0.2, 0.25) is 69.3 Å². The summed E-state index contributed by atoms with van der Waals surface area (Å²) < 4.78 is 71.5. The number of aliphatic hydroxyl groups excluding tert-OH is 6. The smallest absolute Gasteiger partial charge is 0.325 e. The third-order valence-corrected chi connectivity index (χ3v) is 26.7. The van der Waals surface area contributed by atoms with Crippen molar-refractivity contribution < 1.29 is 126 Å². The predicted octanol–water partition coefficient (Wildman–Crippen LogP) is 2.73. The van der Waals surface area contributed by atoms with E-state index in [0.717, 1.165) is 62.6 Å². The Morgan fingerprint density at radius 2 is 1.34 bits per heavy atom. The maximum Gasteiger partial charge on any atom is 0.325 e. The number of phenols is 2. The number of carbonyl (C=O) groups excluding carboxylic acids is 9. The fraction of sp³-hybridized carbons (Fsp3) is 0.500. The molecule has 10 amide bonds. The molecule has 17 rings (SSSR count). The van der Waals surface area contributed by atoms with Crippen LogP contribution < -0.4 is 87.9 Å². The van der Waals surface area contributed by atoms with Crippen molar-refractivity contribution in [3.63, 3.8) is 0 Å². The van der Waals surface area contributed by atoms with E-state index < -0.39 is 231 Å². The lowest BCUT2D eigenvalue weighted by atomic mass is 9.54. The number of imide groups is 1. The Morgan fingerprint density at radius 1 is 0.702 bits per heavy atom. The lowest BCUT2D eigenvalue weighted by molar-refractivity contribution is -0.333. The van der Waals surface area contributed by atoms with Crippen LogP contribution in [0.5, 0.6) is 46.0 Å². The van der Waals surface area contributed by atoms with E-state index in [1.165, 1.54) is 108 Å². The lowest BCUT2D eigenvalue weighted by Crippen LogP contribution is -2.64. The van der Waals surface area contributed by atoms with Crippen molar-refractivity contribution in [2.75, 3.05) is 45.4 Å². The van der Waals surface area contributed by atoms with Crippen LogP contribution in [0.3, 0.4) is 0 Å². The number of sulfonamides is 1. The Morgan fingerprint density at radius 3 is 1.98 bits per heavy atom. The fourth-order valence-electron chi connectivity index (χ4n) is 19.2. The standard InChI is InChI=1S/C90H112ClN13O26S/c1-38(2)22-56(93-7)81(114)103-72-74(109)45-11-18-60(39(3)23-45)126-62-31-49-32-63(78(62)130-88-79(77(112)76(111)64(37-105)128-88)129-66-35-90(6,92)80(113)41(5)125-66)127-61-19-12-46(30-55(61)91)75(110)73-87(120)102-71(85(118)99-68-47-25-42-24-43(27-47)28-48(68)26-42)53-33-59(107)54(36-94-20-21-95-131(9,122)123)40(4)67(53)52-29-44(10-17-58(52)106)69(83(116)104-73)101-84(117)70(49)100-82(115)57(97-86(72)119)34-65(108)98-89(121)96-50-13-15-51(124-8)16-14-50/h10-19,23,29-33,38,41-43,47-48,56-57,64,66,68-77,79-80,88,93-95,105-107,109-113H,20-22,24-28,34-37,92H2,1-9H3,(H,97,119)(H,99,118)(H,100,115)(H,101,117)(H,102,120)(H,103,114)(H,104,116)(H2,96,98,108,121)/t41-,42?,43?,47?,48?,56+,57-,64+,66-,68?,69+,70+,71-,72+,73-,74+,75+,76+,77-,79+,80+,88-,90-/m0/s1. The number of carbonyl (C=O) groups is 9. The number of urea groups is 1. The highest BCUT2D eigenvalue weighted by atomic mass is 35.5. The molecule has 2 saturated heterocycles. The number of nitrogens with two attached hydrogens (primary N) is 1. The van der Waals surface area contributed by atoms with E-state index in [2.05, 4.69) is 63.2 Å². The van der Waals surface area contributed by atoms with E-state index in [-0.39, 0.29) is 117 Å². The summed E-state index contributed by atoms with van der Waals surface area (Å²) in [6.07, 6.45) is -13.5. The van der Waals surface area contributed by atoms with Crippen LogP contribution in [0.25, 0.3) is 11.1 Å². The normalized spacial score (nSPS) is 29.6. The first-order valence-corrected chi connectivity index (χ1v) is 45.7. The third-order valence-electron chi connectivity index (χ3n) is 25.7. The molecule has 4 aliphatic carbocycles. The van der Waals surface area contributed by atoms with E-state index >= 15 is 28.8 Å². The van der Waals surface area contributed by atoms with Gasteiger partial charge < -0.3 is 133 Å². The van der Waals surface area contributed by atoms with Crippen molar-refractivity contribution in [3.8, 4) is 57.1 Å². The number of hydrogen-bond acceptors (Lipinski definition) is 29. The number of aryl methyl sites for hydroxylation is 1. The van der Waals surface area contributed by atoms with Gasteiger partial charge in [-0.1, -0.05) is 43.6 Å². The van der Waals surface area contributed by atoms with Gasteiger partial charge in [0.1, 0.15) is 95.5 Å². The summed E-state index contributed by atoms with van der Waals surface area (Å²) in [7, 11) is -0.770. The predicted molar refractivity (Wildman–Crippen MR) is 469 cm³/mol. The van der Waals surface area contributed by atoms with Gasteiger partial charge in [-0.2, -0.15) is 0 Å². The van der Waals surface area contributed by atoms with Gasteiger partial charge in [0.05, 0.1) is 49.7 Å². The Kier molecular flexibility index (Phi) is 29.3. The second kappa shape index (κ2) is 39.9. The number of nitrogens with one attached hydrogen (secondary N) is 12. The van der Waals surface area contributed by atoms with Crippen molar-refractivity contribution in [2.24, 2.45) is 35.3 Å². The minimum atomic E-state index is -3.67. The third kappa shape index (κ3) is 21.4. The first-order valence-electron chi connectivity index (χ1n) is 43.4. The number of ether oxygens (including phenoxy) is 7. The lowest BCUT2D eigenvalue weighted by Gasteiger charge is -2.54. The van der Waals surface area contributed by atoms with Crippen LogP contribution in [0.15, 0.2) is 97.1 Å². The molecule has 6 aromatic carbocycles. The SMILES string of the molecule is CN[C@H](CC(C)C)C(=O)N[C@H]1C(=O)N[C@@H](CC(=O)NC(=O)Nc2ccc(OC)cc2)C(=O)N[C@H]2C(=O)N[C@H]3C(=O)N[C@H](C(=O)N[C@H](C(=O)NC4C5CC6CC(C5)CC4C6)c4cc(O)c(CNCCNS(C)(=O)=O)c(C)c4-c4cc3ccc4O)[C@H](O)c3ccc(c(Cl)c3)Oc3cc2cc(c3O[C@@H]2O[C@H](CO)[C@@H](O)[C@H](O)[C@H]2O[C@H]2C[C@](C)(N)[C@H](O)[C@H](C)O2)Oc2ccc(cc2C)[C@H]1O. The molecule has 6 aromatic rings. The highest BCUT2D eigenvalue weighted by Crippen LogP contribution is 2.55. The molecular weight excluding hydrogens is 1750 g/mol. The number of methoxy groups -OCH3 is 1. The molecule has 131 heavy (non-hydrogen) atoms. The molecule has 39 nitrogen and oxygen atoms in total. The summed E-state index contributed by atoms with van der Waals surface area (Å²) in [4.78, 5) is 140. The van der Waals surface area contributed by atoms with Crippen LogP contribution in [0.4, 0.5) is 10.5 Å². The van der Waals surface area contributed by atoms with Crippen molar-refractivity contribution in [2.45, 2.75) is 215 Å². The summed E-state index contributed by atoms with van der Waals surface area (Å²) in [6.45, 7) is 8.47. The highest BCUT2D eigenvalue weighted by Gasteiger charge is 2.53. The summed E-state index contributed by atoms with van der Waals surface area (Å²) in [6, 6.07) is 4.85. The molecule has 6 fully saturated rings. The summed E-state index contributed by atoms with van der Waals surface area (Å²) >= 11 is 7.36. The zero-order chi connectivity index (χ0) is 94.3. The summed E-state index contributed by atoms with van der Waals surface area (Å²) in [5.74, 6) is -11.7. The average Bonchev–Trinajstić information content (AvgIpc) is 0.747. The maximum atomic E-state index is 16.9. The molecule has 15 bridgehead atoms. The highest BCUT2D eigenvalue weighted by molar-refractivity contribution is 7.88. The van der Waals surface area contributed by atoms with Crippen LogP contribution in [0, 0.1) is 43.4 Å². The van der Waals surface area contributed by atoms with Gasteiger partial charge in [0.25, 0.3) is 0 Å². The number of anilines is 1. The van der Waals surface area contributed by atoms with E-state index in [4.69, 9.17) is 50.5 Å². The number of benzene rings is 6. The van der Waals surface area contributed by atoms with Gasteiger partial charge in [-0.05, 0) is 226 Å². The summed E-state index contributed by atoms with van der Waals surface area (Å²) in [5, 5.41) is 126. The van der Waals surface area contributed by atoms with Crippen LogP contribution in [0.2, 0.25) is 5.02 Å². The first kappa shape index (κ1) is 96.1. The van der Waals surface area contributed by atoms with Gasteiger partial charge in [0, 0.05) is 54.5 Å². The summed E-state index contributed by atoms with van der Waals surface area (Å²) in [5.41, 5.74) is 4.45. The fourth-order valence-corrected chi connectivity index (χ4v) is 19.9. The molecule has 4 saturated carbocycles. The average molecular weight is 1860 g/mol. The molecule has 0 radical (unpaired) electrons. The van der Waals surface area contributed by atoms with E-state index in [0.29, 0.717) is 17.6 Å². The number of aliphatic hydroxyl groups is 6. The number of halogens is 1. The first-order chi connectivity index (χ1) is 62.1. The molecule has 11 aliphatic rings. The van der Waals surface area contributed by atoms with Crippen molar-refractivity contribution in [3.05, 3.63) is 147 Å². The Labute approximate surface area is 759 Å². The van der Waals surface area contributed by atoms with Crippen molar-refractivity contribution in [1.82, 2.24) is 57.9 Å². The van der Waals surface area contributed by atoms with Crippen LogP contribution in [0.1, 0.15) is 154 Å². The zero-order valence-electron chi connectivity index (χ0n) is 73.3. The molecule has 18 atom stereocenters. The quantitative estimate of drug-likeness (QED) is 0.0434. The van der Waals surface area contributed by atoms with Gasteiger partial charge in [-0.3, -0.25) is 43.7 Å². The van der Waals surface area contributed by atoms with Gasteiger partial charge in [-0.25, -0.2) is 17.9 Å². The minimum absolute atomic E-state index is 0.00285. The Balaban J connectivity index is 0.978. The number of likely N-dealkylation sites (N-methyl/N-ethyl adjacent to an activating group) is 1. The zero-order valence-corrected chi connectivity index (χ0v) is 74.9. The molecular formula is C90H112ClN13O26S. The number of rotatable bonds is 22. The number of hydrogen-bond donors (Lipinski definition) is 21. The van der Waals surface area contributed by atoms with Gasteiger partial charge >= 0.3 is 6.03 Å². The molecule has 706 valence electrons.